The molecule has 1 fully saturated rings. The molecule has 2 heterocycles. The van der Waals surface area contributed by atoms with Crippen LogP contribution < -0.4 is 5.32 Å². The Bertz CT molecular complexity index is 852. The quantitative estimate of drug-likeness (QED) is 0.738. The molecular formula is C20H22F3N3O3. The maximum absolute atomic E-state index is 13.2. The molecular weight excluding hydrogens is 387 g/mol. The van der Waals surface area contributed by atoms with E-state index in [1.807, 2.05) is 0 Å². The van der Waals surface area contributed by atoms with E-state index in [9.17, 15) is 18.0 Å². The number of aromatic nitrogens is 2. The predicted octanol–water partition coefficient (Wildman–Crippen LogP) is 3.37. The lowest BCUT2D eigenvalue weighted by atomic mass is 9.73. The van der Waals surface area contributed by atoms with Gasteiger partial charge >= 0.3 is 12.1 Å². The molecule has 0 atom stereocenters. The smallest absolute Gasteiger partial charge is 0.416 e. The van der Waals surface area contributed by atoms with E-state index >= 15 is 0 Å². The number of alkyl halides is 3. The highest BCUT2D eigenvalue weighted by Crippen LogP contribution is 2.38. The van der Waals surface area contributed by atoms with Crippen molar-refractivity contribution in [3.05, 3.63) is 53.3 Å². The summed E-state index contributed by atoms with van der Waals surface area (Å²) in [5, 5.41) is 3.13. The molecule has 0 bridgehead atoms. The third-order valence-corrected chi connectivity index (χ3v) is 5.10. The molecule has 3 rings (SSSR count). The zero-order valence-electron chi connectivity index (χ0n) is 16.0. The van der Waals surface area contributed by atoms with E-state index in [0.717, 1.165) is 6.07 Å². The molecule has 0 saturated carbocycles. The van der Waals surface area contributed by atoms with E-state index in [-0.39, 0.29) is 6.42 Å². The molecule has 0 unspecified atom stereocenters. The third-order valence-electron chi connectivity index (χ3n) is 5.10. The van der Waals surface area contributed by atoms with Crippen LogP contribution in [0.2, 0.25) is 0 Å². The zero-order valence-corrected chi connectivity index (χ0v) is 16.0. The van der Waals surface area contributed by atoms with Crippen LogP contribution in [0.3, 0.4) is 0 Å². The number of anilines is 1. The Morgan fingerprint density at radius 2 is 2.03 bits per heavy atom. The lowest BCUT2D eigenvalue weighted by Crippen LogP contribution is -2.40. The van der Waals surface area contributed by atoms with E-state index < -0.39 is 23.1 Å². The van der Waals surface area contributed by atoms with E-state index in [1.54, 1.807) is 12.1 Å². The molecule has 29 heavy (non-hydrogen) atoms. The summed E-state index contributed by atoms with van der Waals surface area (Å²) in [6.07, 6.45) is -1.72. The average Bonchev–Trinajstić information content (AvgIpc) is 2.72. The Morgan fingerprint density at radius 3 is 2.72 bits per heavy atom. The number of carbonyl (C=O) groups is 1. The molecule has 1 aromatic heterocycles. The molecule has 0 amide bonds. The second kappa shape index (κ2) is 8.77. The van der Waals surface area contributed by atoms with Crippen molar-refractivity contribution in [1.29, 1.82) is 0 Å². The van der Waals surface area contributed by atoms with E-state index in [4.69, 9.17) is 4.74 Å². The number of rotatable bonds is 6. The summed E-state index contributed by atoms with van der Waals surface area (Å²) < 4.78 is 49.6. The van der Waals surface area contributed by atoms with E-state index in [2.05, 4.69) is 20.0 Å². The Balaban J connectivity index is 1.82. The van der Waals surface area contributed by atoms with Gasteiger partial charge in [0.2, 0.25) is 5.95 Å². The van der Waals surface area contributed by atoms with Gasteiger partial charge in [-0.15, -0.1) is 0 Å². The van der Waals surface area contributed by atoms with Crippen LogP contribution in [0.1, 0.15) is 29.7 Å². The molecule has 1 aliphatic heterocycles. The number of hydrogen-bond acceptors (Lipinski definition) is 6. The molecule has 1 aliphatic rings. The van der Waals surface area contributed by atoms with Gasteiger partial charge in [0, 0.05) is 31.4 Å². The van der Waals surface area contributed by atoms with Crippen molar-refractivity contribution < 1.29 is 27.4 Å². The maximum atomic E-state index is 13.2. The van der Waals surface area contributed by atoms with E-state index in [0.29, 0.717) is 49.8 Å². The minimum atomic E-state index is -4.40. The first-order valence-corrected chi connectivity index (χ1v) is 9.20. The molecule has 1 N–H and O–H groups in total. The number of esters is 1. The zero-order chi connectivity index (χ0) is 20.9. The minimum Gasteiger partial charge on any atom is -0.469 e. The predicted molar refractivity (Wildman–Crippen MR) is 99.4 cm³/mol. The van der Waals surface area contributed by atoms with Gasteiger partial charge in [0.1, 0.15) is 0 Å². The van der Waals surface area contributed by atoms with Crippen LogP contribution in [0.4, 0.5) is 19.1 Å². The van der Waals surface area contributed by atoms with Crippen molar-refractivity contribution in [2.75, 3.05) is 32.2 Å². The van der Waals surface area contributed by atoms with Gasteiger partial charge in [-0.25, -0.2) is 9.97 Å². The Kier molecular flexibility index (Phi) is 6.36. The number of nitrogens with one attached hydrogen (secondary N) is 1. The number of carbonyl (C=O) groups excluding carboxylic acids is 1. The number of halogens is 3. The monoisotopic (exact) mass is 409 g/mol. The second-order valence-electron chi connectivity index (χ2n) is 6.95. The Morgan fingerprint density at radius 1 is 1.28 bits per heavy atom. The van der Waals surface area contributed by atoms with Gasteiger partial charge in [0.25, 0.3) is 0 Å². The normalized spacial score (nSPS) is 16.3. The minimum absolute atomic E-state index is 0.0142. The summed E-state index contributed by atoms with van der Waals surface area (Å²) in [4.78, 5) is 19.9. The highest BCUT2D eigenvalue weighted by molar-refractivity contribution is 5.71. The van der Waals surface area contributed by atoms with Gasteiger partial charge < -0.3 is 14.8 Å². The molecule has 1 aromatic carbocycles. The fourth-order valence-corrected chi connectivity index (χ4v) is 3.40. The molecule has 0 aliphatic carbocycles. The number of nitrogens with zero attached hydrogens (tertiary/aromatic N) is 2. The van der Waals surface area contributed by atoms with Gasteiger partial charge in [0.15, 0.2) is 0 Å². The van der Waals surface area contributed by atoms with Crippen LogP contribution in [0.5, 0.6) is 0 Å². The largest absolute Gasteiger partial charge is 0.469 e. The highest BCUT2D eigenvalue weighted by atomic mass is 19.4. The van der Waals surface area contributed by atoms with Crippen molar-refractivity contribution in [3.8, 4) is 0 Å². The highest BCUT2D eigenvalue weighted by Gasteiger charge is 2.37. The summed E-state index contributed by atoms with van der Waals surface area (Å²) in [6, 6.07) is 7.05. The van der Waals surface area contributed by atoms with E-state index in [1.165, 1.54) is 25.4 Å². The third kappa shape index (κ3) is 5.23. The SMILES string of the molecule is COC(=O)Cc1ccnc(NCC2(c3cccc(C(F)(F)F)c3)CCOCC2)n1. The summed E-state index contributed by atoms with van der Waals surface area (Å²) in [5.74, 6) is -0.108. The van der Waals surface area contributed by atoms with Crippen molar-refractivity contribution in [2.24, 2.45) is 0 Å². The number of ether oxygens (including phenoxy) is 2. The number of benzene rings is 1. The van der Waals surface area contributed by atoms with Crippen molar-refractivity contribution >= 4 is 11.9 Å². The summed E-state index contributed by atoms with van der Waals surface area (Å²) in [6.45, 7) is 1.27. The average molecular weight is 409 g/mol. The van der Waals surface area contributed by atoms with Crippen molar-refractivity contribution in [3.63, 3.8) is 0 Å². The first-order chi connectivity index (χ1) is 13.8. The van der Waals surface area contributed by atoms with Gasteiger partial charge in [-0.1, -0.05) is 18.2 Å². The molecule has 156 valence electrons. The van der Waals surface area contributed by atoms with Crippen LogP contribution in [-0.2, 0) is 32.3 Å². The standard InChI is InChI=1S/C20H22F3N3O3/c1-28-17(27)12-16-5-8-24-18(26-16)25-13-19(6-9-29-10-7-19)14-3-2-4-15(11-14)20(21,22)23/h2-5,8,11H,6-7,9-10,12-13H2,1H3,(H,24,25,26). The molecule has 9 heteroatoms. The Labute approximate surface area is 166 Å². The van der Waals surface area contributed by atoms with Gasteiger partial charge in [-0.05, 0) is 30.5 Å². The summed E-state index contributed by atoms with van der Waals surface area (Å²) >= 11 is 0. The lowest BCUT2D eigenvalue weighted by molar-refractivity contribution is -0.140. The fraction of sp³-hybridized carbons (Fsp3) is 0.450. The van der Waals surface area contributed by atoms with Crippen molar-refractivity contribution in [2.45, 2.75) is 30.9 Å². The lowest BCUT2D eigenvalue weighted by Gasteiger charge is -2.38. The Hall–Kier alpha value is -2.68. The van der Waals surface area contributed by atoms with Gasteiger partial charge in [0.05, 0.1) is 24.8 Å². The molecule has 0 spiro atoms. The van der Waals surface area contributed by atoms with Crippen molar-refractivity contribution in [1.82, 2.24) is 9.97 Å². The van der Waals surface area contributed by atoms with Gasteiger partial charge in [-0.3, -0.25) is 4.79 Å². The van der Waals surface area contributed by atoms with Crippen LogP contribution in [0, 0.1) is 0 Å². The van der Waals surface area contributed by atoms with Crippen LogP contribution in [-0.4, -0.2) is 42.8 Å². The van der Waals surface area contributed by atoms with Crippen LogP contribution in [0.15, 0.2) is 36.5 Å². The maximum Gasteiger partial charge on any atom is 0.416 e. The summed E-state index contributed by atoms with van der Waals surface area (Å²) in [5.41, 5.74) is -0.109. The first kappa shape index (κ1) is 21.0. The summed E-state index contributed by atoms with van der Waals surface area (Å²) in [7, 11) is 1.30. The number of hydrogen-bond donors (Lipinski definition) is 1. The topological polar surface area (TPSA) is 73.3 Å². The van der Waals surface area contributed by atoms with Gasteiger partial charge in [-0.2, -0.15) is 13.2 Å². The first-order valence-electron chi connectivity index (χ1n) is 9.20. The number of methoxy groups -OCH3 is 1. The van der Waals surface area contributed by atoms with Crippen LogP contribution in [0.25, 0.3) is 0 Å². The van der Waals surface area contributed by atoms with Crippen LogP contribution >= 0.6 is 0 Å². The molecule has 0 radical (unpaired) electrons. The second-order valence-corrected chi connectivity index (χ2v) is 6.95. The molecule has 1 saturated heterocycles. The molecule has 2 aromatic rings. The fourth-order valence-electron chi connectivity index (χ4n) is 3.40. The molecule has 6 nitrogen and oxygen atoms in total.